The van der Waals surface area contributed by atoms with Crippen molar-refractivity contribution in [3.63, 3.8) is 0 Å². The van der Waals surface area contributed by atoms with Gasteiger partial charge in [-0.05, 0) is 100 Å². The van der Waals surface area contributed by atoms with E-state index in [4.69, 9.17) is 14.2 Å². The molecule has 0 aromatic heterocycles. The maximum atomic E-state index is 14.4. The van der Waals surface area contributed by atoms with Gasteiger partial charge in [-0.3, -0.25) is 9.69 Å². The molecule has 3 N–H and O–H groups in total. The van der Waals surface area contributed by atoms with Crippen molar-refractivity contribution in [3.8, 4) is 11.5 Å². The summed E-state index contributed by atoms with van der Waals surface area (Å²) in [5, 5.41) is 15.7. The van der Waals surface area contributed by atoms with Crippen LogP contribution >= 0.6 is 0 Å². The lowest BCUT2D eigenvalue weighted by Gasteiger charge is -2.36. The zero-order chi connectivity index (χ0) is 34.6. The van der Waals surface area contributed by atoms with Crippen LogP contribution < -0.4 is 20.1 Å². The van der Waals surface area contributed by atoms with Gasteiger partial charge in [0.15, 0.2) is 0 Å². The van der Waals surface area contributed by atoms with E-state index < -0.39 is 17.9 Å². The Morgan fingerprint density at radius 3 is 2.44 bits per heavy atom. The Morgan fingerprint density at radius 2 is 1.75 bits per heavy atom. The number of amides is 3. The number of anilines is 2. The second-order valence-corrected chi connectivity index (χ2v) is 12.6. The van der Waals surface area contributed by atoms with Crippen molar-refractivity contribution in [1.82, 2.24) is 9.80 Å². The van der Waals surface area contributed by atoms with E-state index in [2.05, 4.69) is 29.5 Å². The van der Waals surface area contributed by atoms with Gasteiger partial charge >= 0.3 is 6.03 Å². The summed E-state index contributed by atoms with van der Waals surface area (Å²) >= 11 is 0. The van der Waals surface area contributed by atoms with E-state index in [1.54, 1.807) is 37.1 Å². The van der Waals surface area contributed by atoms with Gasteiger partial charge in [0.05, 0.1) is 37.5 Å². The maximum absolute atomic E-state index is 14.4. The summed E-state index contributed by atoms with van der Waals surface area (Å²) < 4.78 is 31.4. The first-order valence-electron chi connectivity index (χ1n) is 16.6. The fraction of sp³-hybridized carbons (Fsp3) is 0.459. The number of carbonyl (C=O) groups excluding carboxylic acids is 2. The molecule has 4 atom stereocenters. The molecular formula is C37H49FN4O6. The number of aliphatic hydroxyl groups is 1. The van der Waals surface area contributed by atoms with E-state index in [-0.39, 0.29) is 36.2 Å². The molecule has 4 rings (SSSR count). The lowest BCUT2D eigenvalue weighted by Crippen LogP contribution is -2.47. The summed E-state index contributed by atoms with van der Waals surface area (Å²) in [7, 11) is 3.71. The second-order valence-electron chi connectivity index (χ2n) is 12.6. The first-order valence-corrected chi connectivity index (χ1v) is 16.6. The molecule has 1 aliphatic rings. The number of nitrogens with one attached hydrogen (secondary N) is 2. The number of rotatable bonds is 9. The molecule has 1 aliphatic heterocycles. The Hall–Kier alpha value is -4.19. The topological polar surface area (TPSA) is 113 Å². The zero-order valence-electron chi connectivity index (χ0n) is 28.6. The molecule has 0 spiro atoms. The number of urea groups is 1. The smallest absolute Gasteiger partial charge is 0.323 e. The van der Waals surface area contributed by atoms with Crippen LogP contribution in [0.25, 0.3) is 0 Å². The van der Waals surface area contributed by atoms with Gasteiger partial charge in [0, 0.05) is 43.5 Å². The number of nitrogens with zero attached hydrogens (tertiary/aromatic N) is 2. The Labute approximate surface area is 283 Å². The van der Waals surface area contributed by atoms with E-state index in [0.29, 0.717) is 36.8 Å². The van der Waals surface area contributed by atoms with Crippen molar-refractivity contribution in [2.45, 2.75) is 64.8 Å². The number of carbonyl (C=O) groups is 2. The number of benzene rings is 3. The van der Waals surface area contributed by atoms with Crippen LogP contribution in [0.5, 0.6) is 11.5 Å². The quantitative estimate of drug-likeness (QED) is 0.243. The molecule has 10 nitrogen and oxygen atoms in total. The van der Waals surface area contributed by atoms with Crippen LogP contribution in [0.2, 0.25) is 0 Å². The van der Waals surface area contributed by atoms with Crippen molar-refractivity contribution >= 4 is 23.3 Å². The molecule has 0 aliphatic carbocycles. The molecule has 0 fully saturated rings. The van der Waals surface area contributed by atoms with Crippen LogP contribution in [-0.4, -0.2) is 85.6 Å². The predicted molar refractivity (Wildman–Crippen MR) is 185 cm³/mol. The molecular weight excluding hydrogens is 615 g/mol. The standard InChI is InChI=1S/C37H49FN4O6/c1-25-21-42(26(2)24-43)36(44)33-20-31(40-37(45)39-30-13-11-29(38)12-14-30)15-18-34(33)48-27(3)8-6-7-19-47-35(25)23-41(4)22-28-9-16-32(46-5)17-10-28/h9-18,20,25-27,35,43H,6-8,19,21-24H2,1-5H3,(H2,39,40,45)/t25-,26+,27+,35-/m0/s1. The van der Waals surface area contributed by atoms with Gasteiger partial charge in [-0.2, -0.15) is 0 Å². The fourth-order valence-corrected chi connectivity index (χ4v) is 5.70. The van der Waals surface area contributed by atoms with Gasteiger partial charge in [-0.15, -0.1) is 0 Å². The van der Waals surface area contributed by atoms with Crippen molar-refractivity contribution in [1.29, 1.82) is 0 Å². The van der Waals surface area contributed by atoms with Gasteiger partial charge in [-0.1, -0.05) is 19.1 Å². The van der Waals surface area contributed by atoms with Crippen molar-refractivity contribution in [2.75, 3.05) is 51.1 Å². The molecule has 0 saturated carbocycles. The lowest BCUT2D eigenvalue weighted by molar-refractivity contribution is -0.0177. The summed E-state index contributed by atoms with van der Waals surface area (Å²) in [6, 6.07) is 17.3. The molecule has 3 aromatic carbocycles. The molecule has 0 bridgehead atoms. The van der Waals surface area contributed by atoms with E-state index in [1.807, 2.05) is 31.2 Å². The van der Waals surface area contributed by atoms with Crippen LogP contribution in [-0.2, 0) is 11.3 Å². The van der Waals surface area contributed by atoms with E-state index in [0.717, 1.165) is 37.1 Å². The van der Waals surface area contributed by atoms with Crippen molar-refractivity contribution in [2.24, 2.45) is 5.92 Å². The summed E-state index contributed by atoms with van der Waals surface area (Å²) in [6.45, 7) is 7.91. The Kier molecular flexibility index (Phi) is 13.6. The minimum absolute atomic E-state index is 0.0738. The Morgan fingerprint density at radius 1 is 1.06 bits per heavy atom. The molecule has 0 radical (unpaired) electrons. The molecule has 0 saturated heterocycles. The number of methoxy groups -OCH3 is 1. The summed E-state index contributed by atoms with van der Waals surface area (Å²) in [5.41, 5.74) is 2.23. The highest BCUT2D eigenvalue weighted by molar-refractivity contribution is 6.02. The van der Waals surface area contributed by atoms with E-state index >= 15 is 0 Å². The molecule has 0 unspecified atom stereocenters. The molecule has 3 aromatic rings. The van der Waals surface area contributed by atoms with Crippen LogP contribution in [0.4, 0.5) is 20.6 Å². The monoisotopic (exact) mass is 664 g/mol. The van der Waals surface area contributed by atoms with Gasteiger partial charge in [-0.25, -0.2) is 9.18 Å². The van der Waals surface area contributed by atoms with Crippen LogP contribution in [0.15, 0.2) is 66.7 Å². The number of likely N-dealkylation sites (N-methyl/N-ethyl adjacent to an activating group) is 1. The van der Waals surface area contributed by atoms with Crippen LogP contribution in [0, 0.1) is 11.7 Å². The van der Waals surface area contributed by atoms with Gasteiger partial charge < -0.3 is 34.9 Å². The van der Waals surface area contributed by atoms with Crippen molar-refractivity contribution < 1.29 is 33.3 Å². The van der Waals surface area contributed by atoms with E-state index in [9.17, 15) is 19.1 Å². The van der Waals surface area contributed by atoms with Crippen LogP contribution in [0.1, 0.15) is 56.0 Å². The highest BCUT2D eigenvalue weighted by Gasteiger charge is 2.30. The number of fused-ring (bicyclic) bond motifs is 1. The summed E-state index contributed by atoms with van der Waals surface area (Å²) in [4.78, 5) is 31.0. The predicted octanol–water partition coefficient (Wildman–Crippen LogP) is 6.41. The maximum Gasteiger partial charge on any atom is 0.323 e. The zero-order valence-corrected chi connectivity index (χ0v) is 28.6. The summed E-state index contributed by atoms with van der Waals surface area (Å²) in [6.07, 6.45) is 2.19. The first kappa shape index (κ1) is 36.6. The molecule has 11 heteroatoms. The third-order valence-electron chi connectivity index (χ3n) is 8.51. The number of hydrogen-bond acceptors (Lipinski definition) is 7. The second kappa shape index (κ2) is 17.8. The summed E-state index contributed by atoms with van der Waals surface area (Å²) in [5.74, 6) is 0.411. The number of ether oxygens (including phenoxy) is 3. The molecule has 48 heavy (non-hydrogen) atoms. The first-order chi connectivity index (χ1) is 23.1. The minimum Gasteiger partial charge on any atom is -0.497 e. The third-order valence-corrected chi connectivity index (χ3v) is 8.51. The Balaban J connectivity index is 1.57. The van der Waals surface area contributed by atoms with Gasteiger partial charge in [0.25, 0.3) is 5.91 Å². The average molecular weight is 665 g/mol. The number of halogens is 1. The molecule has 1 heterocycles. The van der Waals surface area contributed by atoms with E-state index in [1.165, 1.54) is 24.3 Å². The average Bonchev–Trinajstić information content (AvgIpc) is 3.07. The SMILES string of the molecule is COc1ccc(CN(C)C[C@@H]2OCCCC[C@@H](C)Oc3ccc(NC(=O)Nc4ccc(F)cc4)cc3C(=O)N([C@H](C)CO)C[C@@H]2C)cc1. The molecule has 3 amide bonds. The third kappa shape index (κ3) is 10.7. The Bertz CT molecular complexity index is 1470. The van der Waals surface area contributed by atoms with Crippen molar-refractivity contribution in [3.05, 3.63) is 83.7 Å². The van der Waals surface area contributed by atoms with Gasteiger partial charge in [0.1, 0.15) is 17.3 Å². The number of hydrogen-bond donors (Lipinski definition) is 3. The minimum atomic E-state index is -0.544. The number of aliphatic hydroxyl groups excluding tert-OH is 1. The normalized spacial score (nSPS) is 19.9. The highest BCUT2D eigenvalue weighted by Crippen LogP contribution is 2.29. The molecule has 260 valence electrons. The largest absolute Gasteiger partial charge is 0.497 e. The highest BCUT2D eigenvalue weighted by atomic mass is 19.1. The fourth-order valence-electron chi connectivity index (χ4n) is 5.70. The van der Waals surface area contributed by atoms with Gasteiger partial charge in [0.2, 0.25) is 0 Å². The van der Waals surface area contributed by atoms with Crippen LogP contribution in [0.3, 0.4) is 0 Å². The lowest BCUT2D eigenvalue weighted by atomic mass is 10.0.